The molecule has 1 heteroatoms. The molecule has 0 aliphatic rings. The van der Waals surface area contributed by atoms with Crippen molar-refractivity contribution < 1.29 is 4.74 Å². The maximum absolute atomic E-state index is 5.61. The van der Waals surface area contributed by atoms with Crippen LogP contribution in [-0.4, -0.2) is 6.61 Å². The monoisotopic (exact) mass is 218 g/mol. The van der Waals surface area contributed by atoms with Gasteiger partial charge in [-0.25, -0.2) is 0 Å². The van der Waals surface area contributed by atoms with Gasteiger partial charge in [0, 0.05) is 6.61 Å². The van der Waals surface area contributed by atoms with Gasteiger partial charge in [-0.15, -0.1) is 0 Å². The molecule has 0 saturated heterocycles. The summed E-state index contributed by atoms with van der Waals surface area (Å²) in [4.78, 5) is 0. The Labute approximate surface area is 99.1 Å². The lowest BCUT2D eigenvalue weighted by Gasteiger charge is -2.04. The number of unbranched alkanes of at least 4 members (excludes halogenated alkanes) is 3. The van der Waals surface area contributed by atoms with E-state index in [-0.39, 0.29) is 0 Å². The normalized spacial score (nSPS) is 10.3. The van der Waals surface area contributed by atoms with Gasteiger partial charge < -0.3 is 4.74 Å². The Morgan fingerprint density at radius 3 is 2.50 bits per heavy atom. The summed E-state index contributed by atoms with van der Waals surface area (Å²) < 4.78 is 5.61. The van der Waals surface area contributed by atoms with Gasteiger partial charge in [-0.3, -0.25) is 0 Å². The predicted molar refractivity (Wildman–Crippen MR) is 70.3 cm³/mol. The third-order valence-electron chi connectivity index (χ3n) is 2.63. The van der Waals surface area contributed by atoms with Crippen molar-refractivity contribution in [3.05, 3.63) is 42.0 Å². The number of ether oxygens (including phenoxy) is 1. The van der Waals surface area contributed by atoms with Crippen LogP contribution in [0.2, 0.25) is 0 Å². The van der Waals surface area contributed by atoms with E-state index in [0.29, 0.717) is 0 Å². The zero-order valence-electron chi connectivity index (χ0n) is 10.2. The van der Waals surface area contributed by atoms with Crippen molar-refractivity contribution in [2.24, 2.45) is 0 Å². The van der Waals surface area contributed by atoms with Crippen LogP contribution in [0.4, 0.5) is 0 Å². The quantitative estimate of drug-likeness (QED) is 0.587. The molecular formula is C15H22O. The highest BCUT2D eigenvalue weighted by Crippen LogP contribution is 2.07. The second-order valence-corrected chi connectivity index (χ2v) is 4.06. The largest absolute Gasteiger partial charge is 0.377 e. The minimum Gasteiger partial charge on any atom is -0.377 e. The molecule has 0 radical (unpaired) electrons. The Morgan fingerprint density at radius 2 is 1.88 bits per heavy atom. The van der Waals surface area contributed by atoms with E-state index in [1.54, 1.807) is 0 Å². The molecule has 1 rings (SSSR count). The summed E-state index contributed by atoms with van der Waals surface area (Å²) >= 11 is 0. The molecule has 0 saturated carbocycles. The van der Waals surface area contributed by atoms with E-state index >= 15 is 0 Å². The molecule has 1 aromatic carbocycles. The minimum absolute atomic E-state index is 0.726. The fourth-order valence-corrected chi connectivity index (χ4v) is 1.57. The van der Waals surface area contributed by atoms with Gasteiger partial charge in [0.05, 0.1) is 6.61 Å². The zero-order valence-corrected chi connectivity index (χ0v) is 10.2. The Hall–Kier alpha value is -1.08. The van der Waals surface area contributed by atoms with Crippen LogP contribution in [-0.2, 0) is 11.3 Å². The van der Waals surface area contributed by atoms with Crippen LogP contribution in [0, 0.1) is 0 Å². The topological polar surface area (TPSA) is 9.23 Å². The fraction of sp³-hybridized carbons (Fsp3) is 0.467. The highest BCUT2D eigenvalue weighted by atomic mass is 16.5. The first-order valence-corrected chi connectivity index (χ1v) is 6.16. The molecule has 0 bridgehead atoms. The third kappa shape index (κ3) is 5.13. The van der Waals surface area contributed by atoms with Crippen LogP contribution >= 0.6 is 0 Å². The van der Waals surface area contributed by atoms with Crippen LogP contribution < -0.4 is 0 Å². The maximum Gasteiger partial charge on any atom is 0.0716 e. The number of benzene rings is 1. The zero-order chi connectivity index (χ0) is 11.6. The first kappa shape index (κ1) is 13.0. The van der Waals surface area contributed by atoms with Gasteiger partial charge in [0.2, 0.25) is 0 Å². The van der Waals surface area contributed by atoms with Gasteiger partial charge in [-0.05, 0) is 17.5 Å². The van der Waals surface area contributed by atoms with Crippen LogP contribution in [0.25, 0.3) is 6.08 Å². The number of hydrogen-bond acceptors (Lipinski definition) is 1. The molecule has 0 aliphatic carbocycles. The van der Waals surface area contributed by atoms with E-state index < -0.39 is 0 Å². The summed E-state index contributed by atoms with van der Waals surface area (Å²) in [5.74, 6) is 0. The standard InChI is InChI=1S/C15H22O/c1-3-5-6-7-12-16-13-15-10-8-14(4-2)9-11-15/h4,8-11H,2-3,5-7,12-13H2,1H3. The van der Waals surface area contributed by atoms with Gasteiger partial charge in [0.25, 0.3) is 0 Å². The van der Waals surface area contributed by atoms with Gasteiger partial charge >= 0.3 is 0 Å². The summed E-state index contributed by atoms with van der Waals surface area (Å²) in [7, 11) is 0. The molecule has 0 atom stereocenters. The van der Waals surface area contributed by atoms with Crippen molar-refractivity contribution in [2.75, 3.05) is 6.61 Å². The SMILES string of the molecule is C=Cc1ccc(COCCCCCC)cc1. The summed E-state index contributed by atoms with van der Waals surface area (Å²) in [5.41, 5.74) is 2.40. The van der Waals surface area contributed by atoms with Gasteiger partial charge in [-0.2, -0.15) is 0 Å². The second-order valence-electron chi connectivity index (χ2n) is 4.06. The van der Waals surface area contributed by atoms with Crippen molar-refractivity contribution in [2.45, 2.75) is 39.2 Å². The summed E-state index contributed by atoms with van der Waals surface area (Å²) in [6.07, 6.45) is 6.92. The molecule has 16 heavy (non-hydrogen) atoms. The number of hydrogen-bond donors (Lipinski definition) is 0. The molecule has 88 valence electrons. The molecule has 1 nitrogen and oxygen atoms in total. The maximum atomic E-state index is 5.61. The molecule has 0 fully saturated rings. The van der Waals surface area contributed by atoms with E-state index in [4.69, 9.17) is 4.74 Å². The molecule has 0 unspecified atom stereocenters. The molecule has 0 N–H and O–H groups in total. The Morgan fingerprint density at radius 1 is 1.12 bits per heavy atom. The average molecular weight is 218 g/mol. The van der Waals surface area contributed by atoms with Gasteiger partial charge in [0.15, 0.2) is 0 Å². The van der Waals surface area contributed by atoms with Crippen molar-refractivity contribution >= 4 is 6.08 Å². The highest BCUT2D eigenvalue weighted by molar-refractivity contribution is 5.47. The highest BCUT2D eigenvalue weighted by Gasteiger charge is 1.93. The summed E-state index contributed by atoms with van der Waals surface area (Å²) in [6.45, 7) is 7.56. The smallest absolute Gasteiger partial charge is 0.0716 e. The molecule has 1 aromatic rings. The summed E-state index contributed by atoms with van der Waals surface area (Å²) in [6, 6.07) is 8.34. The molecule has 0 heterocycles. The Kier molecular flexibility index (Phi) is 6.59. The summed E-state index contributed by atoms with van der Waals surface area (Å²) in [5, 5.41) is 0. The van der Waals surface area contributed by atoms with Crippen molar-refractivity contribution in [3.8, 4) is 0 Å². The third-order valence-corrected chi connectivity index (χ3v) is 2.63. The van der Waals surface area contributed by atoms with E-state index in [1.165, 1.54) is 31.2 Å². The van der Waals surface area contributed by atoms with Crippen molar-refractivity contribution in [1.82, 2.24) is 0 Å². The lowest BCUT2D eigenvalue weighted by Crippen LogP contribution is -1.95. The second kappa shape index (κ2) is 8.12. The Balaban J connectivity index is 2.14. The van der Waals surface area contributed by atoms with E-state index in [0.717, 1.165) is 18.8 Å². The molecular weight excluding hydrogens is 196 g/mol. The van der Waals surface area contributed by atoms with E-state index in [1.807, 2.05) is 6.08 Å². The van der Waals surface area contributed by atoms with Crippen LogP contribution in [0.5, 0.6) is 0 Å². The van der Waals surface area contributed by atoms with Gasteiger partial charge in [0.1, 0.15) is 0 Å². The predicted octanol–water partition coefficient (Wildman–Crippen LogP) is 4.43. The van der Waals surface area contributed by atoms with E-state index in [2.05, 4.69) is 37.8 Å². The molecule has 0 aromatic heterocycles. The lowest BCUT2D eigenvalue weighted by molar-refractivity contribution is 0.117. The van der Waals surface area contributed by atoms with Crippen molar-refractivity contribution in [1.29, 1.82) is 0 Å². The molecule has 0 spiro atoms. The first-order chi connectivity index (χ1) is 7.86. The molecule has 0 aliphatic heterocycles. The van der Waals surface area contributed by atoms with Crippen LogP contribution in [0.15, 0.2) is 30.8 Å². The van der Waals surface area contributed by atoms with Crippen molar-refractivity contribution in [3.63, 3.8) is 0 Å². The van der Waals surface area contributed by atoms with Crippen LogP contribution in [0.1, 0.15) is 43.7 Å². The van der Waals surface area contributed by atoms with E-state index in [9.17, 15) is 0 Å². The fourth-order valence-electron chi connectivity index (χ4n) is 1.57. The first-order valence-electron chi connectivity index (χ1n) is 6.16. The average Bonchev–Trinajstić information content (AvgIpc) is 2.34. The minimum atomic E-state index is 0.726. The van der Waals surface area contributed by atoms with Crippen LogP contribution in [0.3, 0.4) is 0 Å². The van der Waals surface area contributed by atoms with Gasteiger partial charge in [-0.1, -0.05) is 63.1 Å². The Bertz CT molecular complexity index is 287. The molecule has 0 amide bonds. The number of rotatable bonds is 8. The lowest BCUT2D eigenvalue weighted by atomic mass is 10.1.